The first kappa shape index (κ1) is 93.6. The molecule has 2 nitrogen and oxygen atoms in total. The predicted molar refractivity (Wildman–Crippen MR) is 411 cm³/mol. The fourth-order valence-corrected chi connectivity index (χ4v) is 22.6. The molecular weight excluding hydrogens is 1550 g/mol. The first-order valence-electron chi connectivity index (χ1n) is 34.7. The van der Waals surface area contributed by atoms with Gasteiger partial charge < -0.3 is 6.42 Å². The van der Waals surface area contributed by atoms with E-state index in [2.05, 4.69) is 119 Å². The number of aliphatic imine (C=N–C) groups is 2. The molecule has 4 aromatic carbocycles. The van der Waals surface area contributed by atoms with Crippen molar-refractivity contribution >= 4 is 79.3 Å². The van der Waals surface area contributed by atoms with Gasteiger partial charge in [-0.2, -0.15) is 0 Å². The molecule has 5 rings (SSSR count). The van der Waals surface area contributed by atoms with E-state index in [4.69, 9.17) is 22.8 Å². The van der Waals surface area contributed by atoms with Crippen LogP contribution < -0.4 is 0 Å². The van der Waals surface area contributed by atoms with E-state index >= 15 is 0 Å². The second-order valence-corrected chi connectivity index (χ2v) is 34.6. The topological polar surface area (TPSA) is 24.7 Å². The molecule has 0 N–H and O–H groups in total. The van der Waals surface area contributed by atoms with Crippen molar-refractivity contribution in [1.29, 1.82) is 0 Å². The molecule has 0 heterocycles. The summed E-state index contributed by atoms with van der Waals surface area (Å²) in [5.74, 6) is 4.79. The molecule has 0 saturated heterocycles. The zero-order chi connectivity index (χ0) is 61.7. The number of rotatable bonds is 38. The summed E-state index contributed by atoms with van der Waals surface area (Å²) in [6.45, 7) is 27.8. The molecular formula is C78H128Cl2N2P4Pt2+2. The summed E-state index contributed by atoms with van der Waals surface area (Å²) >= 11 is 0. The standard InChI is InChI=1S/C30H16N2.4C12H27P.2ClH.2Pt/c1-3-21-13-17-23(18-14-21)31-29-25-9-5-7-11-27(25)30(28-12-8-6-10-26(28)29)32-24-19-15-22(4-2)16-20-24;4*1-4-7-10-13(11-8-5-2)12-9-6-3;;;;/h5-20H;4*4-12H2,1-3H3;2*1H;;/p+2. The Morgan fingerprint density at radius 3 is 0.750 bits per heavy atom. The zero-order valence-corrected chi connectivity index (χ0v) is 67.9. The van der Waals surface area contributed by atoms with Crippen molar-refractivity contribution in [3.05, 3.63) is 143 Å². The molecule has 4 aromatic rings. The first-order chi connectivity index (χ1) is 41.1. The van der Waals surface area contributed by atoms with Crippen LogP contribution in [-0.4, -0.2) is 85.4 Å². The summed E-state index contributed by atoms with van der Waals surface area (Å²) in [6.07, 6.45) is 67.8. The predicted octanol–water partition coefficient (Wildman–Crippen LogP) is 26.0. The molecule has 0 aromatic heterocycles. The molecule has 0 radical (unpaired) electrons. The molecule has 1 aliphatic carbocycles. The van der Waals surface area contributed by atoms with Crippen LogP contribution in [0.15, 0.2) is 107 Å². The van der Waals surface area contributed by atoms with Gasteiger partial charge in [0, 0.05) is 58.0 Å². The number of halogens is 2. The molecule has 0 unspecified atom stereocenters. The van der Waals surface area contributed by atoms with Crippen LogP contribution in [0.2, 0.25) is 0 Å². The third kappa shape index (κ3) is 44.0. The van der Waals surface area contributed by atoms with Crippen molar-refractivity contribution in [2.45, 2.75) is 237 Å². The largest absolute Gasteiger partial charge is 0 e. The van der Waals surface area contributed by atoms with Crippen molar-refractivity contribution in [2.75, 3.05) is 73.9 Å². The van der Waals surface area contributed by atoms with E-state index < -0.39 is 0 Å². The van der Waals surface area contributed by atoms with E-state index in [1.165, 1.54) is 154 Å². The number of hydrogen-bond donors (Lipinski definition) is 0. The van der Waals surface area contributed by atoms with E-state index in [1.807, 2.05) is 72.8 Å². The van der Waals surface area contributed by atoms with Gasteiger partial charge in [-0.3, -0.25) is 5.92 Å². The average molecular weight is 1680 g/mol. The minimum atomic E-state index is 0. The number of fused-ring (bicyclic) bond motifs is 2. The fourth-order valence-electron chi connectivity index (χ4n) is 10.1. The molecule has 1 aliphatic rings. The third-order valence-corrected chi connectivity index (χ3v) is 27.7. The second kappa shape index (κ2) is 66.3. The van der Waals surface area contributed by atoms with E-state index in [0.717, 1.165) is 56.2 Å². The van der Waals surface area contributed by atoms with Gasteiger partial charge in [0.2, 0.25) is 0 Å². The monoisotopic (exact) mass is 1680 g/mol. The fraction of sp³-hybridized carbons (Fsp3) is 0.615. The van der Waals surface area contributed by atoms with Gasteiger partial charge in [0.05, 0.1) is 37.0 Å². The van der Waals surface area contributed by atoms with Gasteiger partial charge in [-0.1, -0.05) is 172 Å². The summed E-state index contributed by atoms with van der Waals surface area (Å²) in [7, 11) is 0.978. The van der Waals surface area contributed by atoms with Crippen LogP contribution in [0, 0.1) is 24.7 Å². The van der Waals surface area contributed by atoms with Gasteiger partial charge in [0.25, 0.3) is 0 Å². The normalized spacial score (nSPS) is 10.8. The van der Waals surface area contributed by atoms with Crippen molar-refractivity contribution in [3.63, 3.8) is 0 Å². The number of hydrogen-bond acceptors (Lipinski definition) is 2. The Bertz CT molecular complexity index is 1990. The molecule has 0 aliphatic heterocycles. The Hall–Kier alpha value is -0.763. The molecule has 502 valence electrons. The molecule has 0 bridgehead atoms. The van der Waals surface area contributed by atoms with E-state index in [1.54, 1.807) is 73.9 Å². The van der Waals surface area contributed by atoms with Crippen LogP contribution in [0.25, 0.3) is 0 Å². The number of nitrogens with zero attached hydrogens (tertiary/aromatic N) is 2. The smallest absolute Gasteiger partial charge is 0 e. The van der Waals surface area contributed by atoms with Crippen LogP contribution in [0.4, 0.5) is 11.4 Å². The summed E-state index contributed by atoms with van der Waals surface area (Å²) in [5, 5.41) is 0. The maximum absolute atomic E-state index is 7.29. The van der Waals surface area contributed by atoms with Crippen molar-refractivity contribution in [3.8, 4) is 11.8 Å². The maximum Gasteiger partial charge on any atom is 0 e. The number of benzene rings is 4. The van der Waals surface area contributed by atoms with Crippen LogP contribution in [-0.2, 0) is 42.1 Å². The Kier molecular flexibility index (Phi) is 70.5. The summed E-state index contributed by atoms with van der Waals surface area (Å²) in [5.41, 5.74) is 8.98. The van der Waals surface area contributed by atoms with Crippen LogP contribution in [0.5, 0.6) is 0 Å². The molecule has 10 heteroatoms. The molecule has 0 fully saturated rings. The summed E-state index contributed by atoms with van der Waals surface area (Å²) < 4.78 is 0. The van der Waals surface area contributed by atoms with E-state index in [-0.39, 0.29) is 82.8 Å². The Balaban J connectivity index is -0.000000539. The van der Waals surface area contributed by atoms with Gasteiger partial charge in [-0.25, -0.2) is 0 Å². The first-order valence-corrected chi connectivity index (χ1v) is 42.7. The Morgan fingerprint density at radius 1 is 0.341 bits per heavy atom. The van der Waals surface area contributed by atoms with Gasteiger partial charge >= 0.3 is 146 Å². The summed E-state index contributed by atoms with van der Waals surface area (Å²) in [6, 6.07) is 31.3. The Labute approximate surface area is 592 Å². The minimum Gasteiger partial charge on any atom is 0 e. The zero-order valence-electron chi connectivity index (χ0n) is 57.9. The quantitative estimate of drug-likeness (QED) is 0.0214. The van der Waals surface area contributed by atoms with Crippen molar-refractivity contribution < 1.29 is 42.1 Å². The van der Waals surface area contributed by atoms with Gasteiger partial charge in [0.15, 0.2) is 0 Å². The minimum absolute atomic E-state index is 0. The molecule has 0 amide bonds. The molecule has 0 atom stereocenters. The van der Waals surface area contributed by atoms with Crippen LogP contribution in [0.1, 0.15) is 271 Å². The van der Waals surface area contributed by atoms with Gasteiger partial charge in [0.1, 0.15) is 0 Å². The van der Waals surface area contributed by atoms with Crippen molar-refractivity contribution in [2.24, 2.45) is 9.98 Å². The third-order valence-electron chi connectivity index (χ3n) is 15.7. The van der Waals surface area contributed by atoms with Gasteiger partial charge in [-0.05, 0) is 114 Å². The average Bonchev–Trinajstić information content (AvgIpc) is 1.12. The SMILES string of the molecule is CCCCP(CCCC)CCCC.CCCCP(CCCC)CCCC.CCCC[PH+](CCCC)CCCC.CCCC[PH+](CCCC)CCCC.Cl.Cl.[C+]#Cc1ccc(N=C2c3ccccc3C(=Nc3ccc(C#[C-])cc3)c3ccccc32)cc1.[Pt].[Pt]. The van der Waals surface area contributed by atoms with Crippen molar-refractivity contribution in [1.82, 2.24) is 0 Å². The second-order valence-electron chi connectivity index (χ2n) is 23.3. The van der Waals surface area contributed by atoms with Crippen LogP contribution >= 0.6 is 56.5 Å². The number of unbranched alkanes of at least 4 members (excludes halogenated alkanes) is 12. The summed E-state index contributed by atoms with van der Waals surface area (Å²) in [4.78, 5) is 9.97. The maximum atomic E-state index is 7.29. The molecule has 0 saturated carbocycles. The van der Waals surface area contributed by atoms with E-state index in [9.17, 15) is 0 Å². The van der Waals surface area contributed by atoms with Gasteiger partial charge in [-0.15, -0.1) is 58.4 Å². The van der Waals surface area contributed by atoms with E-state index in [0.29, 0.717) is 15.8 Å². The Morgan fingerprint density at radius 2 is 0.557 bits per heavy atom. The van der Waals surface area contributed by atoms with Crippen LogP contribution in [0.3, 0.4) is 0 Å². The molecule has 88 heavy (non-hydrogen) atoms. The molecule has 0 spiro atoms.